The first-order valence-corrected chi connectivity index (χ1v) is 6.80. The number of nitrogens with two attached hydrogens (primary N) is 1. The van der Waals surface area contributed by atoms with Crippen molar-refractivity contribution in [2.75, 3.05) is 0 Å². The normalized spacial score (nSPS) is 12.5. The Labute approximate surface area is 122 Å². The molecular formula is C16H16N4O. The van der Waals surface area contributed by atoms with Gasteiger partial charge in [0, 0.05) is 6.04 Å². The first-order chi connectivity index (χ1) is 10.2. The molecule has 5 nitrogen and oxygen atoms in total. The van der Waals surface area contributed by atoms with Crippen molar-refractivity contribution >= 4 is 10.9 Å². The monoisotopic (exact) mass is 280 g/mol. The van der Waals surface area contributed by atoms with Gasteiger partial charge in [0.25, 0.3) is 5.56 Å². The van der Waals surface area contributed by atoms with E-state index in [4.69, 9.17) is 5.73 Å². The van der Waals surface area contributed by atoms with Gasteiger partial charge in [-0.05, 0) is 30.2 Å². The van der Waals surface area contributed by atoms with Crippen molar-refractivity contribution in [1.82, 2.24) is 15.0 Å². The van der Waals surface area contributed by atoms with E-state index in [1.807, 2.05) is 43.3 Å². The maximum absolute atomic E-state index is 12.4. The number of fused-ring (bicyclic) bond motifs is 1. The molecule has 1 heterocycles. The van der Waals surface area contributed by atoms with Crippen molar-refractivity contribution in [2.24, 2.45) is 5.73 Å². The molecule has 0 saturated heterocycles. The van der Waals surface area contributed by atoms with Crippen molar-refractivity contribution in [1.29, 1.82) is 0 Å². The zero-order valence-electron chi connectivity index (χ0n) is 11.7. The minimum absolute atomic E-state index is 0.162. The molecule has 0 fully saturated rings. The number of rotatable bonds is 3. The summed E-state index contributed by atoms with van der Waals surface area (Å²) in [5.74, 6) is 0. The van der Waals surface area contributed by atoms with Crippen LogP contribution in [0.15, 0.2) is 53.3 Å². The predicted molar refractivity (Wildman–Crippen MR) is 81.9 cm³/mol. The van der Waals surface area contributed by atoms with Gasteiger partial charge in [-0.15, -0.1) is 5.10 Å². The van der Waals surface area contributed by atoms with Crippen LogP contribution in [0.5, 0.6) is 0 Å². The van der Waals surface area contributed by atoms with E-state index in [1.165, 1.54) is 4.68 Å². The smallest absolute Gasteiger partial charge is 0.277 e. The van der Waals surface area contributed by atoms with Gasteiger partial charge in [-0.25, -0.2) is 4.68 Å². The van der Waals surface area contributed by atoms with Gasteiger partial charge in [0.2, 0.25) is 0 Å². The fourth-order valence-corrected chi connectivity index (χ4v) is 2.43. The lowest BCUT2D eigenvalue weighted by molar-refractivity contribution is 0.485. The van der Waals surface area contributed by atoms with Gasteiger partial charge >= 0.3 is 0 Å². The van der Waals surface area contributed by atoms with E-state index in [-0.39, 0.29) is 11.6 Å². The van der Waals surface area contributed by atoms with Crippen LogP contribution < -0.4 is 11.3 Å². The fourth-order valence-electron chi connectivity index (χ4n) is 2.43. The molecule has 3 aromatic rings. The third-order valence-corrected chi connectivity index (χ3v) is 3.59. The third kappa shape index (κ3) is 2.55. The molecule has 1 aromatic heterocycles. The molecule has 0 aliphatic heterocycles. The lowest BCUT2D eigenvalue weighted by Crippen LogP contribution is -2.30. The van der Waals surface area contributed by atoms with Crippen molar-refractivity contribution in [3.8, 4) is 0 Å². The van der Waals surface area contributed by atoms with Gasteiger partial charge in [0.05, 0.1) is 11.9 Å². The number of nitrogens with zero attached hydrogens (tertiary/aromatic N) is 3. The number of hydrogen-bond donors (Lipinski definition) is 1. The molecule has 0 aliphatic carbocycles. The van der Waals surface area contributed by atoms with E-state index in [1.54, 1.807) is 12.1 Å². The van der Waals surface area contributed by atoms with Crippen LogP contribution in [0.4, 0.5) is 0 Å². The Hall–Kier alpha value is -2.53. The van der Waals surface area contributed by atoms with Gasteiger partial charge in [-0.1, -0.05) is 41.6 Å². The Morgan fingerprint density at radius 3 is 2.67 bits per heavy atom. The molecule has 0 aliphatic rings. The van der Waals surface area contributed by atoms with Crippen LogP contribution in [0.3, 0.4) is 0 Å². The third-order valence-electron chi connectivity index (χ3n) is 3.59. The minimum Gasteiger partial charge on any atom is -0.322 e. The van der Waals surface area contributed by atoms with Crippen molar-refractivity contribution < 1.29 is 0 Å². The number of aryl methyl sites for hydroxylation is 1. The predicted octanol–water partition coefficient (Wildman–Crippen LogP) is 1.80. The first kappa shape index (κ1) is 13.5. The Balaban J connectivity index is 1.97. The van der Waals surface area contributed by atoms with Crippen LogP contribution in [0, 0.1) is 6.92 Å². The van der Waals surface area contributed by atoms with E-state index in [0.717, 1.165) is 11.1 Å². The van der Waals surface area contributed by atoms with Crippen molar-refractivity contribution in [3.05, 3.63) is 70.0 Å². The summed E-state index contributed by atoms with van der Waals surface area (Å²) in [5, 5.41) is 8.60. The van der Waals surface area contributed by atoms with Crippen molar-refractivity contribution in [3.63, 3.8) is 0 Å². The Bertz CT molecular complexity index is 841. The maximum Gasteiger partial charge on any atom is 0.277 e. The summed E-state index contributed by atoms with van der Waals surface area (Å²) in [7, 11) is 0. The Morgan fingerprint density at radius 2 is 1.86 bits per heavy atom. The number of benzene rings is 2. The van der Waals surface area contributed by atoms with Gasteiger partial charge in [0.1, 0.15) is 5.52 Å². The molecule has 0 saturated carbocycles. The van der Waals surface area contributed by atoms with E-state index in [9.17, 15) is 4.79 Å². The summed E-state index contributed by atoms with van der Waals surface area (Å²) in [5.41, 5.74) is 8.77. The lowest BCUT2D eigenvalue weighted by Gasteiger charge is -2.15. The summed E-state index contributed by atoms with van der Waals surface area (Å²) in [4.78, 5) is 12.4. The maximum atomic E-state index is 12.4. The van der Waals surface area contributed by atoms with Crippen LogP contribution in [0.2, 0.25) is 0 Å². The van der Waals surface area contributed by atoms with Crippen LogP contribution in [0.25, 0.3) is 10.9 Å². The van der Waals surface area contributed by atoms with Crippen LogP contribution >= 0.6 is 0 Å². The van der Waals surface area contributed by atoms with Gasteiger partial charge in [-0.2, -0.15) is 0 Å². The molecular weight excluding hydrogens is 264 g/mol. The van der Waals surface area contributed by atoms with Crippen molar-refractivity contribution in [2.45, 2.75) is 19.5 Å². The van der Waals surface area contributed by atoms with Gasteiger partial charge in [0.15, 0.2) is 0 Å². The Morgan fingerprint density at radius 1 is 1.14 bits per heavy atom. The molecule has 21 heavy (non-hydrogen) atoms. The molecule has 106 valence electrons. The highest BCUT2D eigenvalue weighted by atomic mass is 16.1. The average molecular weight is 280 g/mol. The van der Waals surface area contributed by atoms with Crippen LogP contribution in [-0.2, 0) is 6.54 Å². The largest absolute Gasteiger partial charge is 0.322 e. The summed E-state index contributed by atoms with van der Waals surface area (Å²) in [6.07, 6.45) is 0. The summed E-state index contributed by atoms with van der Waals surface area (Å²) < 4.78 is 1.33. The van der Waals surface area contributed by atoms with Gasteiger partial charge in [-0.3, -0.25) is 4.79 Å². The average Bonchev–Trinajstić information content (AvgIpc) is 2.51. The van der Waals surface area contributed by atoms with E-state index < -0.39 is 0 Å². The molecule has 0 bridgehead atoms. The zero-order valence-corrected chi connectivity index (χ0v) is 11.7. The molecule has 1 atom stereocenters. The van der Waals surface area contributed by atoms with Gasteiger partial charge < -0.3 is 5.73 Å². The molecule has 0 radical (unpaired) electrons. The zero-order chi connectivity index (χ0) is 14.8. The van der Waals surface area contributed by atoms with Crippen LogP contribution in [0.1, 0.15) is 17.2 Å². The number of aromatic nitrogens is 3. The number of hydrogen-bond acceptors (Lipinski definition) is 4. The summed E-state index contributed by atoms with van der Waals surface area (Å²) in [6, 6.07) is 14.8. The standard InChI is InChI=1S/C16H16N4O/c1-11-6-2-3-7-12(11)14(17)10-20-16(21)13-8-4-5-9-15(13)18-19-20/h2-9,14H,10,17H2,1H3. The molecule has 1 unspecified atom stereocenters. The highest BCUT2D eigenvalue weighted by molar-refractivity contribution is 5.76. The summed E-state index contributed by atoms with van der Waals surface area (Å²) in [6.45, 7) is 2.31. The second-order valence-electron chi connectivity index (χ2n) is 5.06. The lowest BCUT2D eigenvalue weighted by atomic mass is 10.0. The molecule has 5 heteroatoms. The SMILES string of the molecule is Cc1ccccc1C(N)Cn1nnc2ccccc2c1=O. The molecule has 0 spiro atoms. The molecule has 3 rings (SSSR count). The highest BCUT2D eigenvalue weighted by Crippen LogP contribution is 2.16. The quantitative estimate of drug-likeness (QED) is 0.794. The first-order valence-electron chi connectivity index (χ1n) is 6.80. The fraction of sp³-hybridized carbons (Fsp3) is 0.188. The van der Waals surface area contributed by atoms with E-state index >= 15 is 0 Å². The topological polar surface area (TPSA) is 73.8 Å². The van der Waals surface area contributed by atoms with E-state index in [0.29, 0.717) is 17.4 Å². The second-order valence-corrected chi connectivity index (χ2v) is 5.06. The van der Waals surface area contributed by atoms with E-state index in [2.05, 4.69) is 10.3 Å². The molecule has 0 amide bonds. The highest BCUT2D eigenvalue weighted by Gasteiger charge is 2.12. The van der Waals surface area contributed by atoms with Crippen LogP contribution in [-0.4, -0.2) is 15.0 Å². The Kier molecular flexibility index (Phi) is 3.50. The molecule has 2 aromatic carbocycles. The second kappa shape index (κ2) is 5.46. The summed E-state index contributed by atoms with van der Waals surface area (Å²) >= 11 is 0. The minimum atomic E-state index is -0.292. The molecule has 2 N–H and O–H groups in total.